The smallest absolute Gasteiger partial charge is 0.167 e. The van der Waals surface area contributed by atoms with E-state index in [1.54, 1.807) is 6.07 Å². The summed E-state index contributed by atoms with van der Waals surface area (Å²) in [5.74, 6) is -1.07. The van der Waals surface area contributed by atoms with Crippen LogP contribution in [-0.2, 0) is 12.8 Å². The van der Waals surface area contributed by atoms with Gasteiger partial charge in [0.15, 0.2) is 5.78 Å². The van der Waals surface area contributed by atoms with Crippen LogP contribution in [0.1, 0.15) is 85.3 Å². The fraction of sp³-hybridized carbons (Fsp3) is 0.475. The van der Waals surface area contributed by atoms with E-state index in [1.807, 2.05) is 30.3 Å². The number of allylic oxidation sites excluding steroid dienone is 2. The third-order valence-corrected chi connectivity index (χ3v) is 11.8. The number of anilines is 1. The summed E-state index contributed by atoms with van der Waals surface area (Å²) < 4.78 is 28.4. The van der Waals surface area contributed by atoms with Gasteiger partial charge in [0, 0.05) is 66.4 Å². The summed E-state index contributed by atoms with van der Waals surface area (Å²) in [5.41, 5.74) is 3.13. The molecule has 4 unspecified atom stereocenters. The minimum Gasteiger partial charge on any atom is -0.393 e. The first-order valence-electron chi connectivity index (χ1n) is 17.3. The average Bonchev–Trinajstić information content (AvgIpc) is 3.31. The molecule has 4 aliphatic rings. The van der Waals surface area contributed by atoms with Crippen molar-refractivity contribution in [2.45, 2.75) is 82.8 Å². The summed E-state index contributed by atoms with van der Waals surface area (Å²) >= 11 is 6.36. The van der Waals surface area contributed by atoms with Crippen LogP contribution in [0.2, 0.25) is 5.02 Å². The molecule has 3 aliphatic carbocycles. The van der Waals surface area contributed by atoms with Gasteiger partial charge in [0.2, 0.25) is 0 Å². The third-order valence-electron chi connectivity index (χ3n) is 11.4. The Morgan fingerprint density at radius 2 is 1.75 bits per heavy atom. The minimum atomic E-state index is -1.00. The maximum Gasteiger partial charge on any atom is 0.167 e. The van der Waals surface area contributed by atoms with Crippen LogP contribution in [0.25, 0.3) is 0 Å². The zero-order valence-electron chi connectivity index (χ0n) is 28.0. The number of nitrogens with zero attached hydrogens (tertiary/aromatic N) is 2. The van der Waals surface area contributed by atoms with E-state index < -0.39 is 22.9 Å². The van der Waals surface area contributed by atoms with Crippen molar-refractivity contribution >= 4 is 23.1 Å². The first kappa shape index (κ1) is 34.8. The lowest BCUT2D eigenvalue weighted by Gasteiger charge is -2.47. The second-order valence-electron chi connectivity index (χ2n) is 14.5. The molecule has 0 radical (unpaired) electrons. The van der Waals surface area contributed by atoms with E-state index in [-0.39, 0.29) is 34.5 Å². The SMILES string of the molecule is CC1=CCCC2(C)C(CCC2(O)CN2CCN(c3ccc(F)cc3)CC2)c2ccc(cc2C(=O)Cc2c(F)cccc2Cl)CC(O)CC1. The molecule has 1 aliphatic heterocycles. The number of halogens is 3. The Bertz CT molecular complexity index is 1630. The molecule has 1 saturated heterocycles. The van der Waals surface area contributed by atoms with Crippen LogP contribution in [0.4, 0.5) is 14.5 Å². The first-order chi connectivity index (χ1) is 23.0. The topological polar surface area (TPSA) is 64.0 Å². The van der Waals surface area contributed by atoms with E-state index in [4.69, 9.17) is 11.6 Å². The van der Waals surface area contributed by atoms with Crippen LogP contribution in [0.5, 0.6) is 0 Å². The van der Waals surface area contributed by atoms with Crippen molar-refractivity contribution in [1.29, 1.82) is 0 Å². The zero-order chi connectivity index (χ0) is 34.1. The van der Waals surface area contributed by atoms with E-state index in [9.17, 15) is 23.8 Å². The molecule has 3 aromatic carbocycles. The van der Waals surface area contributed by atoms with Gasteiger partial charge in [0.25, 0.3) is 0 Å². The number of fused-ring (bicyclic) bond motifs is 8. The molecular weight excluding hydrogens is 630 g/mol. The number of hydrogen-bond acceptors (Lipinski definition) is 5. The lowest BCUT2D eigenvalue weighted by molar-refractivity contribution is -0.0841. The molecule has 1 saturated carbocycles. The fourth-order valence-corrected chi connectivity index (χ4v) is 8.61. The Hall–Kier alpha value is -3.10. The van der Waals surface area contributed by atoms with Gasteiger partial charge in [-0.1, -0.05) is 48.4 Å². The van der Waals surface area contributed by atoms with Crippen molar-refractivity contribution < 1.29 is 23.8 Å². The molecule has 2 fully saturated rings. The monoisotopic (exact) mass is 676 g/mol. The number of rotatable bonds is 6. The summed E-state index contributed by atoms with van der Waals surface area (Å²) in [6.07, 6.45) is 6.18. The highest BCUT2D eigenvalue weighted by Crippen LogP contribution is 2.59. The van der Waals surface area contributed by atoms with Crippen LogP contribution in [0.15, 0.2) is 72.3 Å². The molecule has 5 nitrogen and oxygen atoms in total. The zero-order valence-corrected chi connectivity index (χ0v) is 28.8. The van der Waals surface area contributed by atoms with Crippen LogP contribution in [-0.4, -0.2) is 65.3 Å². The molecule has 1 heterocycles. The molecule has 7 rings (SSSR count). The first-order valence-corrected chi connectivity index (χ1v) is 17.7. The van der Waals surface area contributed by atoms with Crippen molar-refractivity contribution in [1.82, 2.24) is 4.90 Å². The van der Waals surface area contributed by atoms with Crippen LogP contribution in [0.3, 0.4) is 0 Å². The van der Waals surface area contributed by atoms with E-state index in [2.05, 4.69) is 29.7 Å². The van der Waals surface area contributed by atoms with Gasteiger partial charge >= 0.3 is 0 Å². The van der Waals surface area contributed by atoms with Gasteiger partial charge in [-0.2, -0.15) is 0 Å². The average molecular weight is 677 g/mol. The van der Waals surface area contributed by atoms with Crippen molar-refractivity contribution in [3.63, 3.8) is 0 Å². The number of hydrogen-bond donors (Lipinski definition) is 2. The normalized spacial score (nSPS) is 27.0. The van der Waals surface area contributed by atoms with Gasteiger partial charge in [-0.05, 0) is 111 Å². The summed E-state index contributed by atoms with van der Waals surface area (Å²) in [4.78, 5) is 18.7. The molecule has 256 valence electrons. The molecule has 3 aromatic rings. The quantitative estimate of drug-likeness (QED) is 0.205. The summed E-state index contributed by atoms with van der Waals surface area (Å²) in [5, 5.41) is 23.8. The largest absolute Gasteiger partial charge is 0.393 e. The Morgan fingerprint density at radius 3 is 2.48 bits per heavy atom. The van der Waals surface area contributed by atoms with Crippen molar-refractivity contribution in [2.24, 2.45) is 5.41 Å². The molecule has 8 heteroatoms. The van der Waals surface area contributed by atoms with Gasteiger partial charge < -0.3 is 15.1 Å². The van der Waals surface area contributed by atoms with Crippen molar-refractivity contribution in [3.8, 4) is 0 Å². The van der Waals surface area contributed by atoms with Crippen molar-refractivity contribution in [2.75, 3.05) is 37.6 Å². The molecule has 0 amide bonds. The fourth-order valence-electron chi connectivity index (χ4n) is 8.38. The minimum absolute atomic E-state index is 0.103. The Labute approximate surface area is 288 Å². The van der Waals surface area contributed by atoms with Crippen LogP contribution < -0.4 is 4.90 Å². The number of carbonyl (C=O) groups excluding carboxylic acids is 1. The molecule has 4 atom stereocenters. The van der Waals surface area contributed by atoms with Crippen molar-refractivity contribution in [3.05, 3.63) is 111 Å². The molecule has 2 N–H and O–H groups in total. The Morgan fingerprint density at radius 1 is 1.00 bits per heavy atom. The number of ketones is 1. The maximum absolute atomic E-state index is 14.9. The molecule has 48 heavy (non-hydrogen) atoms. The summed E-state index contributed by atoms with van der Waals surface area (Å²) in [6, 6.07) is 17.0. The molecule has 0 spiro atoms. The highest BCUT2D eigenvalue weighted by atomic mass is 35.5. The molecule has 0 aromatic heterocycles. The van der Waals surface area contributed by atoms with Crippen LogP contribution in [0, 0.1) is 17.0 Å². The Balaban J connectivity index is 1.32. The number of carbonyl (C=O) groups is 1. The third kappa shape index (κ3) is 7.25. The lowest BCUT2D eigenvalue weighted by Crippen LogP contribution is -2.56. The highest BCUT2D eigenvalue weighted by molar-refractivity contribution is 6.31. The van der Waals surface area contributed by atoms with Gasteiger partial charge in [0.05, 0.1) is 11.7 Å². The van der Waals surface area contributed by atoms with Crippen LogP contribution >= 0.6 is 11.6 Å². The summed E-state index contributed by atoms with van der Waals surface area (Å²) in [7, 11) is 0. The van der Waals surface area contributed by atoms with Gasteiger partial charge in [0.1, 0.15) is 11.6 Å². The number of piperazine rings is 1. The van der Waals surface area contributed by atoms with E-state index in [0.29, 0.717) is 37.8 Å². The number of benzene rings is 3. The molecule has 2 bridgehead atoms. The summed E-state index contributed by atoms with van der Waals surface area (Å²) in [6.45, 7) is 7.96. The number of β-amino-alcohol motifs (C(OH)–C–C–N with tert-alkyl or cyclic N) is 1. The van der Waals surface area contributed by atoms with E-state index in [1.165, 1.54) is 29.8 Å². The number of aliphatic hydroxyl groups excluding tert-OH is 1. The van der Waals surface area contributed by atoms with Gasteiger partial charge in [-0.25, -0.2) is 8.78 Å². The maximum atomic E-state index is 14.9. The number of Topliss-reactive ketones (excluding diaryl/α,β-unsaturated/α-hetero) is 1. The predicted molar refractivity (Wildman–Crippen MR) is 188 cm³/mol. The van der Waals surface area contributed by atoms with E-state index >= 15 is 0 Å². The Kier molecular flexibility index (Phi) is 10.4. The van der Waals surface area contributed by atoms with E-state index in [0.717, 1.165) is 62.3 Å². The predicted octanol–water partition coefficient (Wildman–Crippen LogP) is 7.90. The highest BCUT2D eigenvalue weighted by Gasteiger charge is 2.57. The molecular formula is C40H47ClF2N2O3. The second-order valence-corrected chi connectivity index (χ2v) is 14.9. The van der Waals surface area contributed by atoms with Gasteiger partial charge in [-0.15, -0.1) is 0 Å². The van der Waals surface area contributed by atoms with Gasteiger partial charge in [-0.3, -0.25) is 9.69 Å². The number of aliphatic hydroxyl groups is 2. The standard InChI is InChI=1S/C40H47ClF2N2O3/c1-27-5-4-17-39(2)35(16-18-40(39,48)26-44-19-21-45(22-20-44)30-12-10-29(42)11-13-30)32-15-9-28(23-31(46)14-8-27)24-33(32)38(47)25-34-36(41)6-3-7-37(34)43/h3,5-7,9-13,15,24,31,35,46,48H,4,8,14,16-23,25-26H2,1-2H3. The second kappa shape index (κ2) is 14.4. The lowest BCUT2D eigenvalue weighted by atomic mass is 9.64.